The predicted octanol–water partition coefficient (Wildman–Crippen LogP) is 1.57. The van der Waals surface area contributed by atoms with Gasteiger partial charge in [0.05, 0.1) is 32.4 Å². The van der Waals surface area contributed by atoms with Crippen LogP contribution in [0, 0.1) is 22.7 Å². The molecule has 2 saturated heterocycles. The Kier molecular flexibility index (Phi) is 6.09. The van der Waals surface area contributed by atoms with E-state index in [1.54, 1.807) is 0 Å². The van der Waals surface area contributed by atoms with Crippen molar-refractivity contribution in [1.29, 1.82) is 5.26 Å². The Morgan fingerprint density at radius 3 is 2.70 bits per heavy atom. The van der Waals surface area contributed by atoms with Gasteiger partial charge in [-0.1, -0.05) is 13.8 Å². The van der Waals surface area contributed by atoms with E-state index in [1.165, 1.54) is 4.90 Å². The van der Waals surface area contributed by atoms with Crippen molar-refractivity contribution in [2.75, 3.05) is 45.9 Å². The highest BCUT2D eigenvalue weighted by Gasteiger charge is 2.51. The first-order valence-corrected chi connectivity index (χ1v) is 10.1. The van der Waals surface area contributed by atoms with Crippen molar-refractivity contribution in [2.45, 2.75) is 57.8 Å². The van der Waals surface area contributed by atoms with E-state index in [-0.39, 0.29) is 36.4 Å². The van der Waals surface area contributed by atoms with Gasteiger partial charge in [-0.25, -0.2) is 4.39 Å². The maximum Gasteiger partial charge on any atom is 0.237 e. The van der Waals surface area contributed by atoms with Crippen LogP contribution >= 0.6 is 0 Å². The van der Waals surface area contributed by atoms with E-state index in [0.717, 1.165) is 45.7 Å². The van der Waals surface area contributed by atoms with Crippen molar-refractivity contribution in [3.63, 3.8) is 0 Å². The first-order chi connectivity index (χ1) is 12.8. The Balaban J connectivity index is 1.57. The van der Waals surface area contributed by atoms with Crippen molar-refractivity contribution in [2.24, 2.45) is 11.3 Å². The molecule has 152 valence electrons. The molecule has 6 nitrogen and oxygen atoms in total. The molecule has 1 aliphatic carbocycles. The zero-order chi connectivity index (χ0) is 19.7. The quantitative estimate of drug-likeness (QED) is 0.784. The van der Waals surface area contributed by atoms with E-state index in [0.29, 0.717) is 5.92 Å². The normalized spacial score (nSPS) is 36.7. The third-order valence-electron chi connectivity index (χ3n) is 7.37. The Labute approximate surface area is 162 Å². The number of hydrogen-bond donors (Lipinski definition) is 1. The van der Waals surface area contributed by atoms with Crippen molar-refractivity contribution in [3.05, 3.63) is 0 Å². The third kappa shape index (κ3) is 4.13. The van der Waals surface area contributed by atoms with Gasteiger partial charge in [0.15, 0.2) is 0 Å². The Morgan fingerprint density at radius 1 is 1.33 bits per heavy atom. The fourth-order valence-electron chi connectivity index (χ4n) is 4.88. The van der Waals surface area contributed by atoms with Crippen LogP contribution in [-0.2, 0) is 9.53 Å². The summed E-state index contributed by atoms with van der Waals surface area (Å²) >= 11 is 0. The van der Waals surface area contributed by atoms with Gasteiger partial charge in [-0.2, -0.15) is 5.26 Å². The smallest absolute Gasteiger partial charge is 0.237 e. The summed E-state index contributed by atoms with van der Waals surface area (Å²) in [4.78, 5) is 16.5. The van der Waals surface area contributed by atoms with Gasteiger partial charge in [-0.05, 0) is 31.1 Å². The number of hydrogen-bond acceptors (Lipinski definition) is 5. The van der Waals surface area contributed by atoms with Gasteiger partial charge in [0.1, 0.15) is 12.2 Å². The van der Waals surface area contributed by atoms with Crippen LogP contribution in [0.1, 0.15) is 40.0 Å². The number of ether oxygens (including phenoxy) is 1. The van der Waals surface area contributed by atoms with Crippen LogP contribution in [0.15, 0.2) is 0 Å². The largest absolute Gasteiger partial charge is 0.379 e. The number of rotatable bonds is 5. The van der Waals surface area contributed by atoms with Crippen LogP contribution in [0.4, 0.5) is 4.39 Å². The molecule has 0 aromatic carbocycles. The highest BCUT2D eigenvalue weighted by Crippen LogP contribution is 2.50. The number of nitrogens with one attached hydrogen (secondary N) is 1. The van der Waals surface area contributed by atoms with Gasteiger partial charge in [0.25, 0.3) is 0 Å². The van der Waals surface area contributed by atoms with Gasteiger partial charge >= 0.3 is 0 Å². The summed E-state index contributed by atoms with van der Waals surface area (Å²) in [5.41, 5.74) is -0.121. The summed E-state index contributed by atoms with van der Waals surface area (Å²) in [5, 5.41) is 12.6. The van der Waals surface area contributed by atoms with E-state index in [1.807, 2.05) is 0 Å². The maximum atomic E-state index is 13.6. The number of morpholine rings is 1. The van der Waals surface area contributed by atoms with Gasteiger partial charge in [-0.15, -0.1) is 0 Å². The van der Waals surface area contributed by atoms with Crippen LogP contribution in [0.2, 0.25) is 0 Å². The first-order valence-electron chi connectivity index (χ1n) is 10.1. The molecule has 0 bridgehead atoms. The fraction of sp³-hybridized carbons (Fsp3) is 0.900. The SMILES string of the molecule is CC1(C)[C@@H](CN2CCOCC2)CC[C@@]1(C)NCC(=O)N1C[C@@H](F)C[C@H]1C#N. The summed E-state index contributed by atoms with van der Waals surface area (Å²) in [6.45, 7) is 11.6. The standard InChI is InChI=1S/C20H33FN4O2/c1-19(2)15(13-24-6-8-27-9-7-24)4-5-20(19,3)23-12-18(26)25-14-16(21)10-17(25)11-22/h15-17,23H,4-10,12-14H2,1-3H3/t15-,16+,17+,20-/m1/s1. The molecule has 2 heterocycles. The average molecular weight is 381 g/mol. The molecule has 27 heavy (non-hydrogen) atoms. The number of alkyl halides is 1. The van der Waals surface area contributed by atoms with Crippen LogP contribution < -0.4 is 5.32 Å². The number of nitriles is 1. The average Bonchev–Trinajstić information content (AvgIpc) is 3.13. The maximum absolute atomic E-state index is 13.6. The van der Waals surface area contributed by atoms with Gasteiger partial charge in [-0.3, -0.25) is 9.69 Å². The van der Waals surface area contributed by atoms with Gasteiger partial charge < -0.3 is 15.0 Å². The van der Waals surface area contributed by atoms with E-state index in [4.69, 9.17) is 10.00 Å². The lowest BCUT2D eigenvalue weighted by molar-refractivity contribution is -0.131. The number of nitrogens with zero attached hydrogens (tertiary/aromatic N) is 3. The predicted molar refractivity (Wildman–Crippen MR) is 101 cm³/mol. The molecule has 0 unspecified atom stereocenters. The van der Waals surface area contributed by atoms with E-state index < -0.39 is 12.2 Å². The lowest BCUT2D eigenvalue weighted by atomic mass is 9.71. The molecule has 3 rings (SSSR count). The molecule has 1 saturated carbocycles. The second kappa shape index (κ2) is 8.02. The van der Waals surface area contributed by atoms with Crippen molar-refractivity contribution in [1.82, 2.24) is 15.1 Å². The number of halogens is 1. The van der Waals surface area contributed by atoms with Gasteiger partial charge in [0, 0.05) is 31.6 Å². The molecule has 3 aliphatic rings. The van der Waals surface area contributed by atoms with Crippen molar-refractivity contribution < 1.29 is 13.9 Å². The number of carbonyl (C=O) groups is 1. The molecular weight excluding hydrogens is 347 g/mol. The van der Waals surface area contributed by atoms with Crippen LogP contribution in [0.5, 0.6) is 0 Å². The Bertz CT molecular complexity index is 587. The number of likely N-dealkylation sites (tertiary alicyclic amines) is 1. The molecule has 0 radical (unpaired) electrons. The summed E-state index contributed by atoms with van der Waals surface area (Å²) in [7, 11) is 0. The molecule has 1 N–H and O–H groups in total. The molecule has 3 fully saturated rings. The topological polar surface area (TPSA) is 68.6 Å². The minimum absolute atomic E-state index is 0.0356. The van der Waals surface area contributed by atoms with E-state index >= 15 is 0 Å². The molecule has 7 heteroatoms. The third-order valence-corrected chi connectivity index (χ3v) is 7.37. The molecule has 4 atom stereocenters. The summed E-state index contributed by atoms with van der Waals surface area (Å²) in [6.07, 6.45) is 1.18. The number of carbonyl (C=O) groups excluding carboxylic acids is 1. The van der Waals surface area contributed by atoms with E-state index in [9.17, 15) is 9.18 Å². The molecule has 2 aliphatic heterocycles. The summed E-state index contributed by atoms with van der Waals surface area (Å²) in [6, 6.07) is 1.42. The highest BCUT2D eigenvalue weighted by molar-refractivity contribution is 5.79. The molecule has 0 spiro atoms. The van der Waals surface area contributed by atoms with Crippen LogP contribution in [0.25, 0.3) is 0 Å². The zero-order valence-electron chi connectivity index (χ0n) is 16.8. The summed E-state index contributed by atoms with van der Waals surface area (Å²) in [5.74, 6) is 0.382. The van der Waals surface area contributed by atoms with Crippen LogP contribution in [-0.4, -0.2) is 79.4 Å². The molecule has 1 amide bonds. The van der Waals surface area contributed by atoms with Crippen molar-refractivity contribution >= 4 is 5.91 Å². The highest BCUT2D eigenvalue weighted by atomic mass is 19.1. The minimum atomic E-state index is -1.09. The lowest BCUT2D eigenvalue weighted by Crippen LogP contribution is -2.56. The Morgan fingerprint density at radius 2 is 2.04 bits per heavy atom. The lowest BCUT2D eigenvalue weighted by Gasteiger charge is -2.44. The molecular formula is C20H33FN4O2. The zero-order valence-corrected chi connectivity index (χ0v) is 16.8. The van der Waals surface area contributed by atoms with Crippen molar-refractivity contribution in [3.8, 4) is 6.07 Å². The molecule has 0 aromatic heterocycles. The van der Waals surface area contributed by atoms with Gasteiger partial charge in [0.2, 0.25) is 5.91 Å². The second-order valence-electron chi connectivity index (χ2n) is 9.08. The molecule has 0 aromatic rings. The second-order valence-corrected chi connectivity index (χ2v) is 9.08. The summed E-state index contributed by atoms with van der Waals surface area (Å²) < 4.78 is 19.1. The fourth-order valence-corrected chi connectivity index (χ4v) is 4.88. The Hall–Kier alpha value is -1.23. The minimum Gasteiger partial charge on any atom is -0.379 e. The monoisotopic (exact) mass is 380 g/mol. The first kappa shape index (κ1) is 20.5. The number of amides is 1. The van der Waals surface area contributed by atoms with Crippen LogP contribution in [0.3, 0.4) is 0 Å². The van der Waals surface area contributed by atoms with E-state index in [2.05, 4.69) is 37.1 Å².